The van der Waals surface area contributed by atoms with Crippen LogP contribution >= 0.6 is 7.60 Å². The molecule has 0 aromatic heterocycles. The number of hydrogen-bond donors (Lipinski definition) is 2. The molecule has 1 aliphatic rings. The van der Waals surface area contributed by atoms with Gasteiger partial charge in [-0.25, -0.2) is 0 Å². The van der Waals surface area contributed by atoms with Crippen LogP contribution in [-0.4, -0.2) is 15.9 Å². The number of rotatable bonds is 2. The zero-order valence-electron chi connectivity index (χ0n) is 4.45. The van der Waals surface area contributed by atoms with Gasteiger partial charge in [0.1, 0.15) is 0 Å². The molecule has 0 unspecified atom stereocenters. The minimum absolute atomic E-state index is 0.104. The Morgan fingerprint density at radius 2 is 2.00 bits per heavy atom. The Morgan fingerprint density at radius 3 is 2.12 bits per heavy atom. The zero-order valence-corrected chi connectivity index (χ0v) is 5.34. The minimum atomic E-state index is -3.66. The van der Waals surface area contributed by atoms with Gasteiger partial charge in [-0.1, -0.05) is 0 Å². The van der Waals surface area contributed by atoms with Crippen molar-refractivity contribution in [2.24, 2.45) is 5.92 Å². The van der Waals surface area contributed by atoms with Crippen molar-refractivity contribution in [1.82, 2.24) is 0 Å². The molecule has 0 atom stereocenters. The summed E-state index contributed by atoms with van der Waals surface area (Å²) in [7, 11) is -3.66. The summed E-state index contributed by atoms with van der Waals surface area (Å²) in [6.45, 7) is 0. The van der Waals surface area contributed by atoms with Gasteiger partial charge >= 0.3 is 7.60 Å². The van der Waals surface area contributed by atoms with Crippen LogP contribution in [0.25, 0.3) is 0 Å². The second-order valence-electron chi connectivity index (χ2n) is 2.29. The Kier molecular flexibility index (Phi) is 1.44. The van der Waals surface area contributed by atoms with Crippen LogP contribution in [0.2, 0.25) is 0 Å². The van der Waals surface area contributed by atoms with Crippen molar-refractivity contribution in [2.75, 3.05) is 6.16 Å². The molecule has 1 fully saturated rings. The molecule has 0 aromatic rings. The lowest BCUT2D eigenvalue weighted by Crippen LogP contribution is -1.87. The van der Waals surface area contributed by atoms with Gasteiger partial charge in [-0.05, 0) is 18.8 Å². The first kappa shape index (κ1) is 6.27. The second-order valence-corrected chi connectivity index (χ2v) is 3.99. The highest BCUT2D eigenvalue weighted by molar-refractivity contribution is 7.51. The lowest BCUT2D eigenvalue weighted by atomic mass is 10.5. The minimum Gasteiger partial charge on any atom is -0.324 e. The Hall–Kier alpha value is 0.150. The lowest BCUT2D eigenvalue weighted by molar-refractivity contribution is 0.370. The highest BCUT2D eigenvalue weighted by Gasteiger charge is 2.29. The zero-order chi connectivity index (χ0) is 6.20. The maximum absolute atomic E-state index is 10.2. The molecular weight excluding hydrogens is 127 g/mol. The first-order valence-electron chi connectivity index (χ1n) is 2.62. The summed E-state index contributed by atoms with van der Waals surface area (Å²) < 4.78 is 10.2. The molecule has 1 saturated carbocycles. The van der Waals surface area contributed by atoms with E-state index < -0.39 is 7.60 Å². The van der Waals surface area contributed by atoms with Crippen molar-refractivity contribution in [1.29, 1.82) is 0 Å². The predicted molar refractivity (Wildman–Crippen MR) is 29.6 cm³/mol. The normalized spacial score (nSPS) is 21.2. The molecule has 0 bridgehead atoms. The van der Waals surface area contributed by atoms with E-state index in [4.69, 9.17) is 9.79 Å². The maximum Gasteiger partial charge on any atom is 0.325 e. The standard InChI is InChI=1S/C4H9O3P/c5-8(6,7)3-4-1-2-4/h4H,1-3H2,(H2,5,6,7). The van der Waals surface area contributed by atoms with E-state index in [1.165, 1.54) is 0 Å². The van der Waals surface area contributed by atoms with Gasteiger partial charge in [0, 0.05) is 0 Å². The predicted octanol–water partition coefficient (Wildman–Crippen LogP) is 0.574. The fraction of sp³-hybridized carbons (Fsp3) is 1.00. The summed E-state index contributed by atoms with van der Waals surface area (Å²) in [5, 5.41) is 0. The molecule has 48 valence electrons. The molecule has 0 aliphatic heterocycles. The third-order valence-electron chi connectivity index (χ3n) is 1.19. The summed E-state index contributed by atoms with van der Waals surface area (Å²) >= 11 is 0. The highest BCUT2D eigenvalue weighted by Crippen LogP contribution is 2.44. The van der Waals surface area contributed by atoms with Crippen molar-refractivity contribution in [3.63, 3.8) is 0 Å². The Balaban J connectivity index is 2.26. The third-order valence-corrected chi connectivity index (χ3v) is 2.19. The SMILES string of the molecule is O=P(O)(O)CC1CC1. The van der Waals surface area contributed by atoms with Crippen LogP contribution in [-0.2, 0) is 4.57 Å². The largest absolute Gasteiger partial charge is 0.325 e. The third kappa shape index (κ3) is 2.46. The summed E-state index contributed by atoms with van der Waals surface area (Å²) in [6, 6.07) is 0. The van der Waals surface area contributed by atoms with E-state index in [0.29, 0.717) is 5.92 Å². The fourth-order valence-electron chi connectivity index (χ4n) is 0.637. The Morgan fingerprint density at radius 1 is 1.50 bits per heavy atom. The molecule has 4 heteroatoms. The molecule has 0 amide bonds. The van der Waals surface area contributed by atoms with E-state index in [2.05, 4.69) is 0 Å². The molecule has 0 spiro atoms. The van der Waals surface area contributed by atoms with Gasteiger partial charge in [0.2, 0.25) is 0 Å². The van der Waals surface area contributed by atoms with Crippen LogP contribution in [0.4, 0.5) is 0 Å². The van der Waals surface area contributed by atoms with Gasteiger partial charge in [-0.3, -0.25) is 4.57 Å². The molecule has 3 nitrogen and oxygen atoms in total. The monoisotopic (exact) mass is 136 g/mol. The van der Waals surface area contributed by atoms with Gasteiger partial charge in [-0.2, -0.15) is 0 Å². The van der Waals surface area contributed by atoms with Crippen molar-refractivity contribution < 1.29 is 14.4 Å². The Bertz CT molecular complexity index is 123. The van der Waals surface area contributed by atoms with Crippen LogP contribution in [0.3, 0.4) is 0 Å². The average Bonchev–Trinajstić information content (AvgIpc) is 2.12. The molecule has 1 rings (SSSR count). The Labute approximate surface area is 47.9 Å². The van der Waals surface area contributed by atoms with E-state index in [-0.39, 0.29) is 6.16 Å². The van der Waals surface area contributed by atoms with E-state index >= 15 is 0 Å². The van der Waals surface area contributed by atoms with E-state index in [1.807, 2.05) is 0 Å². The molecule has 1 aliphatic carbocycles. The van der Waals surface area contributed by atoms with Crippen LogP contribution in [0.1, 0.15) is 12.8 Å². The maximum atomic E-state index is 10.2. The van der Waals surface area contributed by atoms with Crippen LogP contribution in [0, 0.1) is 5.92 Å². The van der Waals surface area contributed by atoms with Gasteiger partial charge in [0.25, 0.3) is 0 Å². The second kappa shape index (κ2) is 1.83. The summed E-state index contributed by atoms with van der Waals surface area (Å²) in [5.41, 5.74) is 0. The van der Waals surface area contributed by atoms with E-state index in [1.54, 1.807) is 0 Å². The van der Waals surface area contributed by atoms with Crippen LogP contribution in [0.15, 0.2) is 0 Å². The van der Waals surface area contributed by atoms with Crippen molar-refractivity contribution in [2.45, 2.75) is 12.8 Å². The van der Waals surface area contributed by atoms with Gasteiger partial charge in [-0.15, -0.1) is 0 Å². The van der Waals surface area contributed by atoms with E-state index in [0.717, 1.165) is 12.8 Å². The highest BCUT2D eigenvalue weighted by atomic mass is 31.2. The molecule has 0 aromatic carbocycles. The molecule has 2 N–H and O–H groups in total. The topological polar surface area (TPSA) is 57.5 Å². The van der Waals surface area contributed by atoms with Gasteiger partial charge in [0.05, 0.1) is 6.16 Å². The summed E-state index contributed by atoms with van der Waals surface area (Å²) in [6.07, 6.45) is 2.11. The van der Waals surface area contributed by atoms with Gasteiger partial charge < -0.3 is 9.79 Å². The smallest absolute Gasteiger partial charge is 0.324 e. The average molecular weight is 136 g/mol. The quantitative estimate of drug-likeness (QED) is 0.545. The van der Waals surface area contributed by atoms with Crippen molar-refractivity contribution in [3.05, 3.63) is 0 Å². The van der Waals surface area contributed by atoms with E-state index in [9.17, 15) is 4.57 Å². The molecular formula is C4H9O3P. The first-order valence-corrected chi connectivity index (χ1v) is 4.42. The molecule has 8 heavy (non-hydrogen) atoms. The molecule has 0 heterocycles. The molecule has 0 saturated heterocycles. The van der Waals surface area contributed by atoms with Crippen LogP contribution < -0.4 is 0 Å². The summed E-state index contributed by atoms with van der Waals surface area (Å²) in [5.74, 6) is 0.329. The fourth-order valence-corrected chi connectivity index (χ4v) is 1.67. The molecule has 0 radical (unpaired) electrons. The summed E-state index contributed by atoms with van der Waals surface area (Å²) in [4.78, 5) is 16.7. The number of hydrogen-bond acceptors (Lipinski definition) is 1. The van der Waals surface area contributed by atoms with Crippen molar-refractivity contribution >= 4 is 7.60 Å². The van der Waals surface area contributed by atoms with Crippen molar-refractivity contribution in [3.8, 4) is 0 Å². The van der Waals surface area contributed by atoms with Crippen LogP contribution in [0.5, 0.6) is 0 Å². The lowest BCUT2D eigenvalue weighted by Gasteiger charge is -1.98. The van der Waals surface area contributed by atoms with Gasteiger partial charge in [0.15, 0.2) is 0 Å². The first-order chi connectivity index (χ1) is 3.58.